The van der Waals surface area contributed by atoms with Gasteiger partial charge in [0.15, 0.2) is 0 Å². The van der Waals surface area contributed by atoms with E-state index in [9.17, 15) is 0 Å². The van der Waals surface area contributed by atoms with Gasteiger partial charge >= 0.3 is 0 Å². The summed E-state index contributed by atoms with van der Waals surface area (Å²) in [6.07, 6.45) is 11.6. The largest absolute Gasteiger partial charge is 0.306 e. The number of likely N-dealkylation sites (tertiary alicyclic amines) is 3. The van der Waals surface area contributed by atoms with Gasteiger partial charge in [-0.2, -0.15) is 0 Å². The van der Waals surface area contributed by atoms with Gasteiger partial charge in [0, 0.05) is 19.6 Å². The van der Waals surface area contributed by atoms with E-state index in [1.165, 1.54) is 90.6 Å². The normalized spacial score (nSPS) is 31.4. The summed E-state index contributed by atoms with van der Waals surface area (Å²) in [6, 6.07) is 0. The summed E-state index contributed by atoms with van der Waals surface area (Å²) in [5.74, 6) is 4.99. The zero-order valence-electron chi connectivity index (χ0n) is 22.1. The Hall–Kier alpha value is -0.120. The van der Waals surface area contributed by atoms with E-state index in [-0.39, 0.29) is 0 Å². The van der Waals surface area contributed by atoms with Crippen LogP contribution >= 0.6 is 0 Å². The summed E-state index contributed by atoms with van der Waals surface area (Å²) < 4.78 is 0. The fourth-order valence-electron chi connectivity index (χ4n) is 5.04. The second-order valence-corrected chi connectivity index (χ2v) is 11.5. The molecule has 3 aliphatic heterocycles. The maximum absolute atomic E-state index is 2.40. The van der Waals surface area contributed by atoms with Gasteiger partial charge in [-0.3, -0.25) is 0 Å². The minimum absolute atomic E-state index is 0.949. The molecule has 1 saturated carbocycles. The third-order valence-corrected chi connectivity index (χ3v) is 7.59. The van der Waals surface area contributed by atoms with Gasteiger partial charge < -0.3 is 14.7 Å². The molecule has 0 aromatic carbocycles. The van der Waals surface area contributed by atoms with Crippen LogP contribution in [0.2, 0.25) is 0 Å². The van der Waals surface area contributed by atoms with Crippen LogP contribution in [-0.2, 0) is 0 Å². The molecule has 3 nitrogen and oxygen atoms in total. The van der Waals surface area contributed by atoms with Crippen molar-refractivity contribution in [3.63, 3.8) is 0 Å². The molecule has 4 fully saturated rings. The van der Waals surface area contributed by atoms with Gasteiger partial charge in [-0.15, -0.1) is 0 Å². The number of rotatable bonds is 1. The predicted molar refractivity (Wildman–Crippen MR) is 135 cm³/mol. The molecule has 0 aromatic heterocycles. The highest BCUT2D eigenvalue weighted by molar-refractivity contribution is 4.71. The summed E-state index contributed by atoms with van der Waals surface area (Å²) in [6.45, 7) is 19.5. The molecule has 3 heteroatoms. The Balaban J connectivity index is 0.000000202. The Bertz CT molecular complexity index is 367. The first-order valence-corrected chi connectivity index (χ1v) is 13.2. The van der Waals surface area contributed by atoms with Crippen LogP contribution in [0, 0.1) is 29.6 Å². The molecule has 0 spiro atoms. The lowest BCUT2D eigenvalue weighted by Crippen LogP contribution is -2.41. The summed E-state index contributed by atoms with van der Waals surface area (Å²) in [4.78, 5) is 7.11. The Morgan fingerprint density at radius 3 is 1.20 bits per heavy atom. The Labute approximate surface area is 191 Å². The van der Waals surface area contributed by atoms with Gasteiger partial charge in [0.05, 0.1) is 0 Å². The van der Waals surface area contributed by atoms with E-state index in [2.05, 4.69) is 70.5 Å². The van der Waals surface area contributed by atoms with Crippen LogP contribution in [0.5, 0.6) is 0 Å². The van der Waals surface area contributed by atoms with Crippen molar-refractivity contribution in [3.8, 4) is 0 Å². The molecule has 0 bridgehead atoms. The molecule has 0 N–H and O–H groups in total. The van der Waals surface area contributed by atoms with Crippen LogP contribution in [0.3, 0.4) is 0 Å². The number of hydrogen-bond donors (Lipinski definition) is 0. The zero-order chi connectivity index (χ0) is 22.5. The maximum atomic E-state index is 2.40. The molecular formula is C27H57N3. The van der Waals surface area contributed by atoms with Crippen LogP contribution in [-0.4, -0.2) is 75.1 Å². The summed E-state index contributed by atoms with van der Waals surface area (Å²) in [5, 5.41) is 0. The Morgan fingerprint density at radius 2 is 0.933 bits per heavy atom. The molecule has 4 rings (SSSR count). The molecule has 30 heavy (non-hydrogen) atoms. The fraction of sp³-hybridized carbons (Fsp3) is 1.00. The van der Waals surface area contributed by atoms with Crippen LogP contribution < -0.4 is 0 Å². The lowest BCUT2D eigenvalue weighted by Gasteiger charge is -2.33. The van der Waals surface area contributed by atoms with E-state index in [4.69, 9.17) is 0 Å². The van der Waals surface area contributed by atoms with Crippen molar-refractivity contribution >= 4 is 0 Å². The molecule has 180 valence electrons. The average molecular weight is 424 g/mol. The maximum Gasteiger partial charge on any atom is 0.00163 e. The molecule has 1 aliphatic carbocycles. The third-order valence-electron chi connectivity index (χ3n) is 7.59. The molecule has 4 aliphatic rings. The highest BCUT2D eigenvalue weighted by atomic mass is 15.2. The van der Waals surface area contributed by atoms with Crippen molar-refractivity contribution in [1.82, 2.24) is 14.7 Å². The number of hydrogen-bond acceptors (Lipinski definition) is 3. The second-order valence-electron chi connectivity index (χ2n) is 11.5. The van der Waals surface area contributed by atoms with E-state index in [0.29, 0.717) is 0 Å². The standard InChI is InChI=1S/C9H18.C7H15N.C6H13N.C5H11N/c1-3-9-6-4-8(2)5-7-9;1-7-3-5-8(2)6-4-7;1-6-3-4-7(2)5-6;1-5-3-6(2)4-5/h8-9H,3-7H2,1-2H3;7H,3-6H2,1-2H3;6H,3-5H2,1-2H3;5H,3-4H2,1-2H3. The highest BCUT2D eigenvalue weighted by Crippen LogP contribution is 2.29. The molecule has 0 radical (unpaired) electrons. The summed E-state index contributed by atoms with van der Waals surface area (Å²) in [7, 11) is 6.54. The molecule has 1 atom stereocenters. The van der Waals surface area contributed by atoms with Gasteiger partial charge in [0.25, 0.3) is 0 Å². The first kappa shape index (κ1) is 27.9. The van der Waals surface area contributed by atoms with Crippen LogP contribution in [0.25, 0.3) is 0 Å². The Kier molecular flexibility index (Phi) is 14.6. The minimum atomic E-state index is 0.949. The van der Waals surface area contributed by atoms with E-state index >= 15 is 0 Å². The molecule has 3 heterocycles. The molecule has 3 saturated heterocycles. The minimum Gasteiger partial charge on any atom is -0.306 e. The van der Waals surface area contributed by atoms with Crippen molar-refractivity contribution in [1.29, 1.82) is 0 Å². The van der Waals surface area contributed by atoms with Gasteiger partial charge in [-0.1, -0.05) is 66.7 Å². The quantitative estimate of drug-likeness (QED) is 0.505. The SMILES string of the molecule is CC1CCN(C)C1.CC1CCN(C)CC1.CC1CN(C)C1.CCC1CCC(C)CC1. The monoisotopic (exact) mass is 423 g/mol. The second kappa shape index (κ2) is 15.6. The molecule has 1 unspecified atom stereocenters. The van der Waals surface area contributed by atoms with Gasteiger partial charge in [-0.05, 0) is 89.6 Å². The first-order chi connectivity index (χ1) is 14.2. The zero-order valence-corrected chi connectivity index (χ0v) is 22.1. The highest BCUT2D eigenvalue weighted by Gasteiger charge is 2.17. The van der Waals surface area contributed by atoms with Crippen molar-refractivity contribution in [2.75, 3.05) is 60.4 Å². The van der Waals surface area contributed by atoms with Crippen LogP contribution in [0.15, 0.2) is 0 Å². The molecule has 0 amide bonds. The lowest BCUT2D eigenvalue weighted by atomic mass is 9.82. The van der Waals surface area contributed by atoms with Crippen LogP contribution in [0.1, 0.15) is 86.0 Å². The van der Waals surface area contributed by atoms with E-state index in [0.717, 1.165) is 29.6 Å². The average Bonchev–Trinajstić information content (AvgIpc) is 3.08. The first-order valence-electron chi connectivity index (χ1n) is 13.2. The summed E-state index contributed by atoms with van der Waals surface area (Å²) in [5.41, 5.74) is 0. The summed E-state index contributed by atoms with van der Waals surface area (Å²) >= 11 is 0. The lowest BCUT2D eigenvalue weighted by molar-refractivity contribution is 0.149. The van der Waals surface area contributed by atoms with Crippen molar-refractivity contribution in [3.05, 3.63) is 0 Å². The van der Waals surface area contributed by atoms with Crippen molar-refractivity contribution in [2.45, 2.75) is 86.0 Å². The topological polar surface area (TPSA) is 9.72 Å². The molecule has 0 aromatic rings. The number of piperidine rings is 1. The smallest absolute Gasteiger partial charge is 0.00163 e. The van der Waals surface area contributed by atoms with Gasteiger partial charge in [-0.25, -0.2) is 0 Å². The van der Waals surface area contributed by atoms with Crippen molar-refractivity contribution < 1.29 is 0 Å². The van der Waals surface area contributed by atoms with Crippen molar-refractivity contribution in [2.24, 2.45) is 29.6 Å². The van der Waals surface area contributed by atoms with Crippen LogP contribution in [0.4, 0.5) is 0 Å². The predicted octanol–water partition coefficient (Wildman–Crippen LogP) is 6.10. The van der Waals surface area contributed by atoms with E-state index in [1.807, 2.05) is 0 Å². The van der Waals surface area contributed by atoms with E-state index in [1.54, 1.807) is 0 Å². The molecular weight excluding hydrogens is 366 g/mol. The van der Waals surface area contributed by atoms with E-state index < -0.39 is 0 Å². The fourth-order valence-corrected chi connectivity index (χ4v) is 5.04. The Morgan fingerprint density at radius 1 is 0.500 bits per heavy atom. The third kappa shape index (κ3) is 13.3. The van der Waals surface area contributed by atoms with Gasteiger partial charge in [0.2, 0.25) is 0 Å². The van der Waals surface area contributed by atoms with Gasteiger partial charge in [0.1, 0.15) is 0 Å². The number of nitrogens with zero attached hydrogens (tertiary/aromatic N) is 3.